The fraction of sp³-hybridized carbons (Fsp3) is 0.429. The molecular weight excluding hydrogens is 224 g/mol. The van der Waals surface area contributed by atoms with E-state index in [9.17, 15) is 4.79 Å². The van der Waals surface area contributed by atoms with Gasteiger partial charge in [0.2, 0.25) is 0 Å². The Kier molecular flexibility index (Phi) is 3.95. The van der Waals surface area contributed by atoms with Crippen LogP contribution >= 0.6 is 17.0 Å². The Bertz CT molecular complexity index is 272. The highest BCUT2D eigenvalue weighted by molar-refractivity contribution is 8.93. The minimum Gasteiger partial charge on any atom is -0.481 e. The summed E-state index contributed by atoms with van der Waals surface area (Å²) in [5.74, 6) is -0.799. The van der Waals surface area contributed by atoms with Crippen LogP contribution in [0, 0.1) is 0 Å². The van der Waals surface area contributed by atoms with Crippen LogP contribution in [0.4, 0.5) is 0 Å². The number of carbonyl (C=O) groups is 1. The second kappa shape index (κ2) is 4.25. The Morgan fingerprint density at radius 3 is 2.67 bits per heavy atom. The molecule has 1 unspecified atom stereocenters. The van der Waals surface area contributed by atoms with Gasteiger partial charge < -0.3 is 9.67 Å². The lowest BCUT2D eigenvalue weighted by Crippen LogP contribution is -2.12. The highest BCUT2D eigenvalue weighted by Crippen LogP contribution is 2.10. The minimum atomic E-state index is -0.848. The summed E-state index contributed by atoms with van der Waals surface area (Å²) in [6.07, 6.45) is 3.32. The normalized spacial score (nSPS) is 11.8. The summed E-state index contributed by atoms with van der Waals surface area (Å²) < 4.78 is 1.71. The highest BCUT2D eigenvalue weighted by Gasteiger charge is 2.16. The van der Waals surface area contributed by atoms with E-state index < -0.39 is 11.9 Å². The molecule has 1 heterocycles. The maximum Gasteiger partial charge on any atom is 0.313 e. The van der Waals surface area contributed by atoms with Crippen LogP contribution in [0.1, 0.15) is 18.7 Å². The number of aryl methyl sites for hydroxylation is 1. The first kappa shape index (κ1) is 11.2. The monoisotopic (exact) mass is 234 g/mol. The van der Waals surface area contributed by atoms with Crippen molar-refractivity contribution in [2.24, 2.45) is 7.05 Å². The Morgan fingerprint density at radius 1 is 1.75 bits per heavy atom. The van der Waals surface area contributed by atoms with Crippen molar-refractivity contribution in [3.05, 3.63) is 18.2 Å². The average molecular weight is 235 g/mol. The van der Waals surface area contributed by atoms with Crippen LogP contribution in [0.15, 0.2) is 12.4 Å². The first-order chi connectivity index (χ1) is 5.13. The van der Waals surface area contributed by atoms with Crippen LogP contribution in [0.3, 0.4) is 0 Å². The van der Waals surface area contributed by atoms with Gasteiger partial charge in [0.1, 0.15) is 11.7 Å². The fourth-order valence-corrected chi connectivity index (χ4v) is 0.905. The van der Waals surface area contributed by atoms with Gasteiger partial charge in [0.15, 0.2) is 0 Å². The molecule has 0 saturated carbocycles. The predicted octanol–water partition coefficient (Wildman–Crippen LogP) is 1.19. The summed E-state index contributed by atoms with van der Waals surface area (Å²) in [6, 6.07) is 0. The van der Waals surface area contributed by atoms with Gasteiger partial charge in [-0.15, -0.1) is 17.0 Å². The van der Waals surface area contributed by atoms with Crippen LogP contribution < -0.4 is 0 Å². The topological polar surface area (TPSA) is 55.1 Å². The van der Waals surface area contributed by atoms with Crippen molar-refractivity contribution >= 4 is 23.0 Å². The molecule has 0 aliphatic carbocycles. The SMILES string of the molecule is Br.CC(C(=O)O)c1nccn1C. The van der Waals surface area contributed by atoms with Crippen LogP contribution in [0.25, 0.3) is 0 Å². The van der Waals surface area contributed by atoms with Crippen molar-refractivity contribution in [1.82, 2.24) is 9.55 Å². The molecule has 0 aliphatic rings. The molecule has 68 valence electrons. The van der Waals surface area contributed by atoms with Crippen molar-refractivity contribution in [1.29, 1.82) is 0 Å². The standard InChI is InChI=1S/C7H10N2O2.BrH/c1-5(7(10)11)6-8-3-4-9(6)2;/h3-5H,1-2H3,(H,10,11);1H. The van der Waals surface area contributed by atoms with Crippen LogP contribution in [0.2, 0.25) is 0 Å². The maximum absolute atomic E-state index is 10.5. The van der Waals surface area contributed by atoms with E-state index in [4.69, 9.17) is 5.11 Å². The number of aliphatic carboxylic acids is 1. The molecule has 1 aromatic heterocycles. The summed E-state index contributed by atoms with van der Waals surface area (Å²) in [6.45, 7) is 1.62. The van der Waals surface area contributed by atoms with Crippen LogP contribution in [-0.2, 0) is 11.8 Å². The average Bonchev–Trinajstić information content (AvgIpc) is 2.33. The number of carboxylic acids is 1. The van der Waals surface area contributed by atoms with Crippen molar-refractivity contribution in [3.63, 3.8) is 0 Å². The largest absolute Gasteiger partial charge is 0.481 e. The Morgan fingerprint density at radius 2 is 2.33 bits per heavy atom. The lowest BCUT2D eigenvalue weighted by Gasteiger charge is -2.04. The highest BCUT2D eigenvalue weighted by atomic mass is 79.9. The second-order valence-electron chi connectivity index (χ2n) is 2.46. The Labute approximate surface area is 81.0 Å². The first-order valence-corrected chi connectivity index (χ1v) is 3.33. The summed E-state index contributed by atoms with van der Waals surface area (Å²) in [5.41, 5.74) is 0. The van der Waals surface area contributed by atoms with Gasteiger partial charge in [0, 0.05) is 19.4 Å². The number of carboxylic acid groups (broad SMARTS) is 1. The molecule has 0 amide bonds. The molecule has 0 bridgehead atoms. The van der Waals surface area contributed by atoms with E-state index in [0.717, 1.165) is 0 Å². The number of halogens is 1. The molecule has 12 heavy (non-hydrogen) atoms. The molecule has 0 saturated heterocycles. The van der Waals surface area contributed by atoms with E-state index in [1.807, 2.05) is 0 Å². The van der Waals surface area contributed by atoms with E-state index in [1.165, 1.54) is 0 Å². The Balaban J connectivity index is 0.00000121. The predicted molar refractivity (Wildman–Crippen MR) is 49.6 cm³/mol. The zero-order valence-electron chi connectivity index (χ0n) is 6.89. The van der Waals surface area contributed by atoms with E-state index in [-0.39, 0.29) is 17.0 Å². The molecule has 0 aromatic carbocycles. The van der Waals surface area contributed by atoms with Crippen LogP contribution in [-0.4, -0.2) is 20.6 Å². The second-order valence-corrected chi connectivity index (χ2v) is 2.46. The lowest BCUT2D eigenvalue weighted by atomic mass is 10.2. The molecule has 0 spiro atoms. The maximum atomic E-state index is 10.5. The van der Waals surface area contributed by atoms with Gasteiger partial charge in [-0.05, 0) is 6.92 Å². The van der Waals surface area contributed by atoms with Crippen molar-refractivity contribution < 1.29 is 9.90 Å². The van der Waals surface area contributed by atoms with Gasteiger partial charge in [-0.1, -0.05) is 0 Å². The molecule has 0 aliphatic heterocycles. The van der Waals surface area contributed by atoms with Gasteiger partial charge in [-0.2, -0.15) is 0 Å². The number of imidazole rings is 1. The molecule has 5 heteroatoms. The number of hydrogen-bond donors (Lipinski definition) is 1. The third kappa shape index (κ3) is 2.07. The molecule has 4 nitrogen and oxygen atoms in total. The molecule has 1 aromatic rings. The Hall–Kier alpha value is -0.840. The number of nitrogens with zero attached hydrogens (tertiary/aromatic N) is 2. The summed E-state index contributed by atoms with van der Waals surface area (Å²) >= 11 is 0. The zero-order chi connectivity index (χ0) is 8.43. The lowest BCUT2D eigenvalue weighted by molar-refractivity contribution is -0.138. The third-order valence-corrected chi connectivity index (χ3v) is 1.62. The smallest absolute Gasteiger partial charge is 0.313 e. The number of rotatable bonds is 2. The molecular formula is C7H11BrN2O2. The summed E-state index contributed by atoms with van der Waals surface area (Å²) in [7, 11) is 1.78. The third-order valence-electron chi connectivity index (χ3n) is 1.62. The summed E-state index contributed by atoms with van der Waals surface area (Å²) in [4.78, 5) is 14.4. The van der Waals surface area contributed by atoms with E-state index >= 15 is 0 Å². The molecule has 0 fully saturated rings. The van der Waals surface area contributed by atoms with Gasteiger partial charge in [0.25, 0.3) is 0 Å². The van der Waals surface area contributed by atoms with Crippen LogP contribution in [0.5, 0.6) is 0 Å². The van der Waals surface area contributed by atoms with E-state index in [0.29, 0.717) is 5.82 Å². The number of hydrogen-bond acceptors (Lipinski definition) is 2. The van der Waals surface area contributed by atoms with Gasteiger partial charge in [-0.25, -0.2) is 4.98 Å². The van der Waals surface area contributed by atoms with Gasteiger partial charge in [-0.3, -0.25) is 4.79 Å². The quantitative estimate of drug-likeness (QED) is 0.837. The fourth-order valence-electron chi connectivity index (χ4n) is 0.905. The first-order valence-electron chi connectivity index (χ1n) is 3.33. The zero-order valence-corrected chi connectivity index (χ0v) is 8.60. The molecule has 1 atom stereocenters. The van der Waals surface area contributed by atoms with Gasteiger partial charge in [0.05, 0.1) is 0 Å². The van der Waals surface area contributed by atoms with Crippen molar-refractivity contribution in [2.75, 3.05) is 0 Å². The minimum absolute atomic E-state index is 0. The molecule has 1 N–H and O–H groups in total. The molecule has 0 radical (unpaired) electrons. The van der Waals surface area contributed by atoms with Crippen molar-refractivity contribution in [3.8, 4) is 0 Å². The summed E-state index contributed by atoms with van der Waals surface area (Å²) in [5, 5.41) is 8.62. The van der Waals surface area contributed by atoms with E-state index in [2.05, 4.69) is 4.98 Å². The van der Waals surface area contributed by atoms with Crippen molar-refractivity contribution in [2.45, 2.75) is 12.8 Å². The van der Waals surface area contributed by atoms with Gasteiger partial charge >= 0.3 is 5.97 Å². The number of aromatic nitrogens is 2. The molecule has 1 rings (SSSR count). The van der Waals surface area contributed by atoms with E-state index in [1.54, 1.807) is 30.9 Å².